The minimum atomic E-state index is -3.65. The first kappa shape index (κ1) is 19.6. The molecule has 0 radical (unpaired) electrons. The van der Waals surface area contributed by atoms with E-state index in [2.05, 4.69) is 20.2 Å². The van der Waals surface area contributed by atoms with Crippen LogP contribution >= 0.6 is 0 Å². The lowest BCUT2D eigenvalue weighted by Gasteiger charge is -2.34. The van der Waals surface area contributed by atoms with Gasteiger partial charge in [-0.2, -0.15) is 8.82 Å². The van der Waals surface area contributed by atoms with Gasteiger partial charge in [0.2, 0.25) is 10.0 Å². The van der Waals surface area contributed by atoms with Crippen LogP contribution in [0.3, 0.4) is 0 Å². The molecule has 10 heteroatoms. The lowest BCUT2D eigenvalue weighted by Crippen LogP contribution is -2.49. The smallest absolute Gasteiger partial charge is 0.246 e. The van der Waals surface area contributed by atoms with E-state index < -0.39 is 10.0 Å². The lowest BCUT2D eigenvalue weighted by atomic mass is 10.1. The Morgan fingerprint density at radius 1 is 0.966 bits per heavy atom. The molecule has 3 aromatic rings. The first-order valence-corrected chi connectivity index (χ1v) is 10.8. The Bertz CT molecular complexity index is 1170. The highest BCUT2D eigenvalue weighted by Crippen LogP contribution is 2.30. The Balaban J connectivity index is 1.55. The summed E-state index contributed by atoms with van der Waals surface area (Å²) >= 11 is 0. The fourth-order valence-corrected chi connectivity index (χ4v) is 5.12. The highest BCUT2D eigenvalue weighted by molar-refractivity contribution is 7.89. The first-order chi connectivity index (χ1) is 13.8. The predicted octanol–water partition coefficient (Wildman–Crippen LogP) is 1.57. The Kier molecular flexibility index (Phi) is 4.91. The van der Waals surface area contributed by atoms with Crippen LogP contribution in [0.5, 0.6) is 5.75 Å². The maximum absolute atomic E-state index is 13.2. The summed E-state index contributed by atoms with van der Waals surface area (Å²) in [6.45, 7) is 7.53. The number of sulfonamides is 1. The van der Waals surface area contributed by atoms with E-state index in [1.165, 1.54) is 11.4 Å². The number of fused-ring (bicyclic) bond motifs is 1. The molecule has 1 fully saturated rings. The number of hydrogen-bond donors (Lipinski definition) is 0. The van der Waals surface area contributed by atoms with E-state index in [1.54, 1.807) is 16.6 Å². The molecule has 0 atom stereocenters. The molecule has 0 bridgehead atoms. The fourth-order valence-electron chi connectivity index (χ4n) is 3.48. The Morgan fingerprint density at radius 2 is 1.66 bits per heavy atom. The molecule has 0 aliphatic carbocycles. The molecule has 3 heterocycles. The van der Waals surface area contributed by atoms with Crippen LogP contribution in [0.25, 0.3) is 5.65 Å². The predicted molar refractivity (Wildman–Crippen MR) is 109 cm³/mol. The van der Waals surface area contributed by atoms with Crippen LogP contribution in [-0.4, -0.2) is 65.8 Å². The molecular formula is C19H24N6O3S. The third-order valence-corrected chi connectivity index (χ3v) is 7.28. The van der Waals surface area contributed by atoms with Gasteiger partial charge in [0.15, 0.2) is 11.5 Å². The van der Waals surface area contributed by atoms with Gasteiger partial charge in [0.25, 0.3) is 0 Å². The molecule has 4 rings (SSSR count). The van der Waals surface area contributed by atoms with Gasteiger partial charge in [-0.3, -0.25) is 0 Å². The standard InChI is InChI=1S/C19H24N6O3S/c1-13-11-16(28-4)17(12-14(13)2)29(26,27)24-9-7-23(8-10-24)19-6-5-18-21-20-15(3)25(18)22-19/h5-6,11-12H,7-10H2,1-4H3. The minimum absolute atomic E-state index is 0.219. The zero-order valence-electron chi connectivity index (χ0n) is 17.0. The van der Waals surface area contributed by atoms with Gasteiger partial charge in [-0.05, 0) is 56.2 Å². The number of aryl methyl sites for hydroxylation is 3. The lowest BCUT2D eigenvalue weighted by molar-refractivity contribution is 0.373. The van der Waals surface area contributed by atoms with Crippen molar-refractivity contribution in [2.45, 2.75) is 25.7 Å². The van der Waals surface area contributed by atoms with E-state index in [-0.39, 0.29) is 4.90 Å². The van der Waals surface area contributed by atoms with Crippen molar-refractivity contribution in [3.63, 3.8) is 0 Å². The summed E-state index contributed by atoms with van der Waals surface area (Å²) in [5.74, 6) is 1.87. The Morgan fingerprint density at radius 3 is 2.34 bits per heavy atom. The molecule has 1 aliphatic rings. The van der Waals surface area contributed by atoms with Gasteiger partial charge in [0.1, 0.15) is 16.5 Å². The molecule has 154 valence electrons. The number of piperazine rings is 1. The number of nitrogens with zero attached hydrogens (tertiary/aromatic N) is 6. The van der Waals surface area contributed by atoms with Crippen LogP contribution in [0.1, 0.15) is 17.0 Å². The Labute approximate surface area is 170 Å². The monoisotopic (exact) mass is 416 g/mol. The summed E-state index contributed by atoms with van der Waals surface area (Å²) in [5, 5.41) is 12.6. The van der Waals surface area contributed by atoms with Crippen molar-refractivity contribution in [1.29, 1.82) is 0 Å². The zero-order chi connectivity index (χ0) is 20.8. The summed E-state index contributed by atoms with van der Waals surface area (Å²) in [4.78, 5) is 2.29. The van der Waals surface area contributed by atoms with Gasteiger partial charge in [-0.25, -0.2) is 8.42 Å². The van der Waals surface area contributed by atoms with Gasteiger partial charge in [-0.1, -0.05) is 0 Å². The summed E-state index contributed by atoms with van der Waals surface area (Å²) in [7, 11) is -2.15. The molecule has 0 spiro atoms. The van der Waals surface area contributed by atoms with Gasteiger partial charge in [0.05, 0.1) is 7.11 Å². The number of hydrogen-bond acceptors (Lipinski definition) is 7. The van der Waals surface area contributed by atoms with Crippen LogP contribution < -0.4 is 9.64 Å². The van der Waals surface area contributed by atoms with Crippen molar-refractivity contribution in [1.82, 2.24) is 24.1 Å². The molecular weight excluding hydrogens is 392 g/mol. The topological polar surface area (TPSA) is 92.9 Å². The molecule has 1 aromatic carbocycles. The SMILES string of the molecule is COc1cc(C)c(C)cc1S(=O)(=O)N1CCN(c2ccc3nnc(C)n3n2)CC1. The highest BCUT2D eigenvalue weighted by atomic mass is 32.2. The first-order valence-electron chi connectivity index (χ1n) is 9.40. The minimum Gasteiger partial charge on any atom is -0.495 e. The van der Waals surface area contributed by atoms with E-state index in [1.807, 2.05) is 32.9 Å². The number of rotatable bonds is 4. The number of anilines is 1. The van der Waals surface area contributed by atoms with Gasteiger partial charge in [-0.15, -0.1) is 15.3 Å². The highest BCUT2D eigenvalue weighted by Gasteiger charge is 2.31. The third-order valence-electron chi connectivity index (χ3n) is 5.37. The molecule has 2 aromatic heterocycles. The van der Waals surface area contributed by atoms with E-state index in [9.17, 15) is 8.42 Å². The number of ether oxygens (including phenoxy) is 1. The number of benzene rings is 1. The van der Waals surface area contributed by atoms with Crippen molar-refractivity contribution >= 4 is 21.5 Å². The van der Waals surface area contributed by atoms with Gasteiger partial charge < -0.3 is 9.64 Å². The molecule has 1 saturated heterocycles. The maximum Gasteiger partial charge on any atom is 0.246 e. The molecule has 0 unspecified atom stereocenters. The van der Waals surface area contributed by atoms with Crippen molar-refractivity contribution in [3.05, 3.63) is 41.2 Å². The number of aromatic nitrogens is 4. The van der Waals surface area contributed by atoms with E-state index in [4.69, 9.17) is 4.74 Å². The van der Waals surface area contributed by atoms with Crippen molar-refractivity contribution in [3.8, 4) is 5.75 Å². The van der Waals surface area contributed by atoms with Gasteiger partial charge >= 0.3 is 0 Å². The largest absolute Gasteiger partial charge is 0.495 e. The van der Waals surface area contributed by atoms with Crippen molar-refractivity contribution in [2.24, 2.45) is 0 Å². The molecule has 0 amide bonds. The fraction of sp³-hybridized carbons (Fsp3) is 0.421. The third kappa shape index (κ3) is 3.42. The zero-order valence-corrected chi connectivity index (χ0v) is 17.8. The second-order valence-electron chi connectivity index (χ2n) is 7.19. The van der Waals surface area contributed by atoms with Crippen molar-refractivity contribution in [2.75, 3.05) is 38.2 Å². The van der Waals surface area contributed by atoms with Crippen molar-refractivity contribution < 1.29 is 13.2 Å². The molecule has 29 heavy (non-hydrogen) atoms. The summed E-state index contributed by atoms with van der Waals surface area (Å²) in [6.07, 6.45) is 0. The Hall–Kier alpha value is -2.72. The molecule has 0 N–H and O–H groups in total. The second kappa shape index (κ2) is 7.27. The maximum atomic E-state index is 13.2. The molecule has 9 nitrogen and oxygen atoms in total. The van der Waals surface area contributed by atoms with E-state index in [0.29, 0.717) is 43.4 Å². The van der Waals surface area contributed by atoms with Crippen LogP contribution in [0.4, 0.5) is 5.82 Å². The molecule has 1 aliphatic heterocycles. The van der Waals surface area contributed by atoms with Gasteiger partial charge in [0, 0.05) is 26.2 Å². The van der Waals surface area contributed by atoms with Crippen LogP contribution in [-0.2, 0) is 10.0 Å². The number of methoxy groups -OCH3 is 1. The van der Waals surface area contributed by atoms with Crippen LogP contribution in [0.2, 0.25) is 0 Å². The quantitative estimate of drug-likeness (QED) is 0.637. The average molecular weight is 417 g/mol. The van der Waals surface area contributed by atoms with E-state index >= 15 is 0 Å². The second-order valence-corrected chi connectivity index (χ2v) is 9.09. The van der Waals surface area contributed by atoms with E-state index in [0.717, 1.165) is 16.9 Å². The van der Waals surface area contributed by atoms with Crippen LogP contribution in [0.15, 0.2) is 29.2 Å². The summed E-state index contributed by atoms with van der Waals surface area (Å²) in [5.41, 5.74) is 2.61. The summed E-state index contributed by atoms with van der Waals surface area (Å²) in [6, 6.07) is 7.23. The average Bonchev–Trinajstić information content (AvgIpc) is 3.10. The molecule has 0 saturated carbocycles. The van der Waals surface area contributed by atoms with Crippen LogP contribution in [0, 0.1) is 20.8 Å². The summed E-state index contributed by atoms with van der Waals surface area (Å²) < 4.78 is 35.1. The normalized spacial score (nSPS) is 15.8.